The molecular weight excluding hydrogens is 386 g/mol. The van der Waals surface area contributed by atoms with Gasteiger partial charge in [0.1, 0.15) is 19.7 Å². The number of hydrogen-bond donors (Lipinski definition) is 2. The first-order valence-electron chi connectivity index (χ1n) is 9.80. The van der Waals surface area contributed by atoms with E-state index >= 15 is 0 Å². The van der Waals surface area contributed by atoms with Crippen LogP contribution >= 0.6 is 11.3 Å². The predicted molar refractivity (Wildman–Crippen MR) is 110 cm³/mol. The molecule has 5 rings (SSSR count). The fourth-order valence-electron chi connectivity index (χ4n) is 3.75. The molecule has 1 amide bonds. The highest BCUT2D eigenvalue weighted by Crippen LogP contribution is 2.31. The average Bonchev–Trinajstić information content (AvgIpc) is 3.15. The molecule has 2 aromatic carbocycles. The Balaban J connectivity index is 1.22. The maximum absolute atomic E-state index is 12.6. The van der Waals surface area contributed by atoms with Crippen molar-refractivity contribution in [1.82, 2.24) is 4.98 Å². The van der Waals surface area contributed by atoms with Gasteiger partial charge in [-0.15, -0.1) is 0 Å². The van der Waals surface area contributed by atoms with Gasteiger partial charge in [0, 0.05) is 12.0 Å². The molecule has 2 aliphatic heterocycles. The fraction of sp³-hybridized carbons (Fsp3) is 0.273. The Morgan fingerprint density at radius 2 is 1.93 bits per heavy atom. The third-order valence-corrected chi connectivity index (χ3v) is 6.25. The zero-order valence-corrected chi connectivity index (χ0v) is 16.7. The number of benzene rings is 2. The van der Waals surface area contributed by atoms with Gasteiger partial charge in [0.2, 0.25) is 6.10 Å². The van der Waals surface area contributed by atoms with E-state index in [-0.39, 0.29) is 12.5 Å². The minimum atomic E-state index is -0.675. The van der Waals surface area contributed by atoms with E-state index in [2.05, 4.69) is 34.6 Å². The zero-order valence-electron chi connectivity index (χ0n) is 15.9. The van der Waals surface area contributed by atoms with Crippen LogP contribution in [0.15, 0.2) is 54.6 Å². The van der Waals surface area contributed by atoms with Crippen molar-refractivity contribution in [3.63, 3.8) is 0 Å². The smallest absolute Gasteiger partial charge is 0.270 e. The summed E-state index contributed by atoms with van der Waals surface area (Å²) < 4.78 is 11.4. The lowest BCUT2D eigenvalue weighted by atomic mass is 10.1. The Kier molecular flexibility index (Phi) is 4.91. The Labute approximate surface area is 173 Å². The van der Waals surface area contributed by atoms with Crippen molar-refractivity contribution in [1.29, 1.82) is 0 Å². The Morgan fingerprint density at radius 1 is 1.14 bits per heavy atom. The summed E-state index contributed by atoms with van der Waals surface area (Å²) in [7, 11) is 0. The highest BCUT2D eigenvalue weighted by atomic mass is 32.1. The SMILES string of the molecule is O=C(Nc1nc2c(s1)C[NH+](Cc1ccccc1)CC2)[C@H]1COc2ccccc2O1. The van der Waals surface area contributed by atoms with E-state index in [4.69, 9.17) is 9.47 Å². The van der Waals surface area contributed by atoms with Gasteiger partial charge < -0.3 is 14.4 Å². The van der Waals surface area contributed by atoms with Crippen molar-refractivity contribution in [2.24, 2.45) is 0 Å². The van der Waals surface area contributed by atoms with E-state index in [1.54, 1.807) is 17.4 Å². The number of para-hydroxylation sites is 2. The maximum Gasteiger partial charge on any atom is 0.270 e. The maximum atomic E-state index is 12.6. The van der Waals surface area contributed by atoms with Gasteiger partial charge in [0.15, 0.2) is 16.6 Å². The summed E-state index contributed by atoms with van der Waals surface area (Å²) >= 11 is 1.57. The van der Waals surface area contributed by atoms with Crippen LogP contribution < -0.4 is 19.7 Å². The molecule has 0 spiro atoms. The van der Waals surface area contributed by atoms with Crippen molar-refractivity contribution < 1.29 is 19.2 Å². The Morgan fingerprint density at radius 3 is 2.79 bits per heavy atom. The molecule has 3 aromatic rings. The molecule has 0 saturated carbocycles. The number of carbonyl (C=O) groups is 1. The number of amides is 1. The molecule has 1 unspecified atom stereocenters. The first kappa shape index (κ1) is 18.1. The van der Waals surface area contributed by atoms with Gasteiger partial charge in [-0.25, -0.2) is 4.98 Å². The number of ether oxygens (including phenoxy) is 2. The monoisotopic (exact) mass is 408 g/mol. The summed E-state index contributed by atoms with van der Waals surface area (Å²) in [5.74, 6) is 1.04. The van der Waals surface area contributed by atoms with Gasteiger partial charge in [-0.1, -0.05) is 53.8 Å². The number of nitrogens with one attached hydrogen (secondary N) is 2. The second-order valence-corrected chi connectivity index (χ2v) is 8.42. The number of quaternary nitrogens is 1. The lowest BCUT2D eigenvalue weighted by Crippen LogP contribution is -3.10. The van der Waals surface area contributed by atoms with Crippen LogP contribution in [0.3, 0.4) is 0 Å². The largest absolute Gasteiger partial charge is 0.485 e. The first-order valence-corrected chi connectivity index (χ1v) is 10.6. The molecule has 0 fully saturated rings. The van der Waals surface area contributed by atoms with Crippen LogP contribution in [0.1, 0.15) is 16.1 Å². The molecule has 7 heteroatoms. The number of carbonyl (C=O) groups excluding carboxylic acids is 1. The Bertz CT molecular complexity index is 1020. The van der Waals surface area contributed by atoms with Gasteiger partial charge in [0.25, 0.3) is 5.91 Å². The lowest BCUT2D eigenvalue weighted by molar-refractivity contribution is -0.929. The third kappa shape index (κ3) is 3.97. The van der Waals surface area contributed by atoms with Crippen molar-refractivity contribution >= 4 is 22.4 Å². The van der Waals surface area contributed by atoms with Crippen LogP contribution in [-0.2, 0) is 24.3 Å². The molecule has 0 radical (unpaired) electrons. The highest BCUT2D eigenvalue weighted by Gasteiger charge is 2.29. The van der Waals surface area contributed by atoms with Gasteiger partial charge in [-0.2, -0.15) is 0 Å². The summed E-state index contributed by atoms with van der Waals surface area (Å²) in [5.41, 5.74) is 2.45. The number of fused-ring (bicyclic) bond motifs is 2. The molecule has 6 nitrogen and oxygen atoms in total. The van der Waals surface area contributed by atoms with Gasteiger partial charge in [-0.3, -0.25) is 10.1 Å². The summed E-state index contributed by atoms with van der Waals surface area (Å²) in [6, 6.07) is 17.9. The Hall–Kier alpha value is -2.90. The van der Waals surface area contributed by atoms with Gasteiger partial charge in [0.05, 0.1) is 17.1 Å². The normalized spacial score (nSPS) is 20.0. The highest BCUT2D eigenvalue weighted by molar-refractivity contribution is 7.15. The number of thiazole rings is 1. The molecule has 0 saturated heterocycles. The average molecular weight is 409 g/mol. The molecule has 0 aliphatic carbocycles. The minimum Gasteiger partial charge on any atom is -0.485 e. The van der Waals surface area contributed by atoms with Crippen LogP contribution in [0, 0.1) is 0 Å². The standard InChI is InChI=1S/C22H21N3O3S/c26-21(19-14-27-17-8-4-5-9-18(17)28-19)24-22-23-16-10-11-25(13-20(16)29-22)12-15-6-2-1-3-7-15/h1-9,19H,10-14H2,(H,23,24,26)/p+1/t19-/m1/s1. The van der Waals surface area contributed by atoms with Crippen LogP contribution in [0.2, 0.25) is 0 Å². The van der Waals surface area contributed by atoms with Gasteiger partial charge >= 0.3 is 0 Å². The number of aromatic nitrogens is 1. The van der Waals surface area contributed by atoms with Crippen molar-refractivity contribution in [2.45, 2.75) is 25.6 Å². The summed E-state index contributed by atoms with van der Waals surface area (Å²) in [5, 5.41) is 3.56. The van der Waals surface area contributed by atoms with Crippen molar-refractivity contribution in [2.75, 3.05) is 18.5 Å². The van der Waals surface area contributed by atoms with Crippen LogP contribution in [0.5, 0.6) is 11.5 Å². The quantitative estimate of drug-likeness (QED) is 0.694. The van der Waals surface area contributed by atoms with Gasteiger partial charge in [-0.05, 0) is 12.1 Å². The van der Waals surface area contributed by atoms with Crippen LogP contribution in [0.4, 0.5) is 5.13 Å². The number of anilines is 1. The topological polar surface area (TPSA) is 64.9 Å². The second kappa shape index (κ2) is 7.85. The minimum absolute atomic E-state index is 0.197. The number of nitrogens with zero attached hydrogens (tertiary/aromatic N) is 1. The molecule has 3 heterocycles. The lowest BCUT2D eigenvalue weighted by Gasteiger charge is -2.25. The van der Waals surface area contributed by atoms with E-state index in [9.17, 15) is 4.79 Å². The predicted octanol–water partition coefficient (Wildman–Crippen LogP) is 2.06. The third-order valence-electron chi connectivity index (χ3n) is 5.23. The molecule has 1 aromatic heterocycles. The fourth-order valence-corrected chi connectivity index (χ4v) is 4.83. The van der Waals surface area contributed by atoms with Crippen molar-refractivity contribution in [3.05, 3.63) is 70.7 Å². The molecule has 148 valence electrons. The van der Waals surface area contributed by atoms with E-state index < -0.39 is 6.10 Å². The number of rotatable bonds is 4. The van der Waals surface area contributed by atoms with E-state index in [1.165, 1.54) is 15.3 Å². The molecule has 2 aliphatic rings. The van der Waals surface area contributed by atoms with Crippen LogP contribution in [0.25, 0.3) is 0 Å². The molecule has 2 N–H and O–H groups in total. The summed E-state index contributed by atoms with van der Waals surface area (Å²) in [4.78, 5) is 20.1. The number of hydrogen-bond acceptors (Lipinski definition) is 5. The molecule has 29 heavy (non-hydrogen) atoms. The van der Waals surface area contributed by atoms with E-state index in [0.717, 1.165) is 31.7 Å². The first-order chi connectivity index (χ1) is 14.2. The zero-order chi connectivity index (χ0) is 19.6. The summed E-state index contributed by atoms with van der Waals surface area (Å²) in [6.45, 7) is 3.19. The molecule has 0 bridgehead atoms. The van der Waals surface area contributed by atoms with Crippen LogP contribution in [-0.4, -0.2) is 30.1 Å². The second-order valence-electron chi connectivity index (χ2n) is 7.33. The van der Waals surface area contributed by atoms with Crippen molar-refractivity contribution in [3.8, 4) is 11.5 Å². The molecule has 2 atom stereocenters. The van der Waals surface area contributed by atoms with E-state index in [1.807, 2.05) is 24.3 Å². The summed E-state index contributed by atoms with van der Waals surface area (Å²) in [6.07, 6.45) is 0.256. The van der Waals surface area contributed by atoms with E-state index in [0.29, 0.717) is 16.6 Å². The molecular formula is C22H22N3O3S+.